The summed E-state index contributed by atoms with van der Waals surface area (Å²) in [5.74, 6) is 1.75. The SMILES string of the molecule is O=C(CSCCc1ccccc1)N1CCC(O)CC1. The largest absolute Gasteiger partial charge is 0.393 e. The highest BCUT2D eigenvalue weighted by atomic mass is 32.2. The lowest BCUT2D eigenvalue weighted by Gasteiger charge is -2.29. The van der Waals surface area contributed by atoms with Crippen LogP contribution in [0, 0.1) is 0 Å². The van der Waals surface area contributed by atoms with Crippen LogP contribution in [0.2, 0.25) is 0 Å². The lowest BCUT2D eigenvalue weighted by molar-refractivity contribution is -0.130. The van der Waals surface area contributed by atoms with Crippen molar-refractivity contribution in [2.24, 2.45) is 0 Å². The Kier molecular flexibility index (Phi) is 5.73. The van der Waals surface area contributed by atoms with Gasteiger partial charge in [0.1, 0.15) is 0 Å². The molecule has 0 aliphatic carbocycles. The minimum atomic E-state index is -0.213. The third-order valence-corrected chi connectivity index (χ3v) is 4.36. The third kappa shape index (κ3) is 4.88. The van der Waals surface area contributed by atoms with Crippen LogP contribution in [0.3, 0.4) is 0 Å². The van der Waals surface area contributed by atoms with E-state index in [4.69, 9.17) is 0 Å². The summed E-state index contributed by atoms with van der Waals surface area (Å²) >= 11 is 1.70. The lowest BCUT2D eigenvalue weighted by Crippen LogP contribution is -2.41. The molecule has 1 saturated heterocycles. The van der Waals surface area contributed by atoms with Crippen molar-refractivity contribution in [3.8, 4) is 0 Å². The topological polar surface area (TPSA) is 40.5 Å². The number of aliphatic hydroxyl groups is 1. The van der Waals surface area contributed by atoms with Gasteiger partial charge in [-0.3, -0.25) is 4.79 Å². The Morgan fingerprint density at radius 2 is 1.95 bits per heavy atom. The number of amides is 1. The summed E-state index contributed by atoms with van der Waals surface area (Å²) in [6.07, 6.45) is 2.24. The predicted molar refractivity (Wildman–Crippen MR) is 79.3 cm³/mol. The molecule has 1 aliphatic heterocycles. The van der Waals surface area contributed by atoms with E-state index in [1.807, 2.05) is 23.1 Å². The Hall–Kier alpha value is -1.00. The number of aliphatic hydroxyl groups excluding tert-OH is 1. The highest BCUT2D eigenvalue weighted by Crippen LogP contribution is 2.13. The smallest absolute Gasteiger partial charge is 0.232 e. The fourth-order valence-corrected chi connectivity index (χ4v) is 3.08. The number of carbonyl (C=O) groups is 1. The number of aryl methyl sites for hydroxylation is 1. The summed E-state index contributed by atoms with van der Waals surface area (Å²) in [4.78, 5) is 13.8. The average Bonchev–Trinajstić information content (AvgIpc) is 2.45. The molecule has 1 fully saturated rings. The highest BCUT2D eigenvalue weighted by Gasteiger charge is 2.20. The maximum Gasteiger partial charge on any atom is 0.232 e. The zero-order valence-corrected chi connectivity index (χ0v) is 11.9. The Morgan fingerprint density at radius 3 is 2.63 bits per heavy atom. The van der Waals surface area contributed by atoms with E-state index in [2.05, 4.69) is 12.1 Å². The lowest BCUT2D eigenvalue weighted by atomic mass is 10.1. The molecule has 104 valence electrons. The molecular weight excluding hydrogens is 258 g/mol. The molecule has 0 atom stereocenters. The van der Waals surface area contributed by atoms with E-state index in [1.54, 1.807) is 11.8 Å². The van der Waals surface area contributed by atoms with Crippen molar-refractivity contribution in [2.75, 3.05) is 24.6 Å². The number of hydrogen-bond donors (Lipinski definition) is 1. The number of hydrogen-bond acceptors (Lipinski definition) is 3. The van der Waals surface area contributed by atoms with Crippen LogP contribution in [-0.2, 0) is 11.2 Å². The second-order valence-electron chi connectivity index (χ2n) is 4.90. The van der Waals surface area contributed by atoms with Gasteiger partial charge in [-0.25, -0.2) is 0 Å². The van der Waals surface area contributed by atoms with Gasteiger partial charge in [-0.1, -0.05) is 30.3 Å². The van der Waals surface area contributed by atoms with E-state index in [9.17, 15) is 9.90 Å². The molecular formula is C15H21NO2S. The van der Waals surface area contributed by atoms with Gasteiger partial charge in [0.2, 0.25) is 5.91 Å². The van der Waals surface area contributed by atoms with Crippen molar-refractivity contribution < 1.29 is 9.90 Å². The van der Waals surface area contributed by atoms with Gasteiger partial charge in [0.05, 0.1) is 11.9 Å². The molecule has 0 aromatic heterocycles. The monoisotopic (exact) mass is 279 g/mol. The number of piperidine rings is 1. The van der Waals surface area contributed by atoms with Crippen molar-refractivity contribution >= 4 is 17.7 Å². The van der Waals surface area contributed by atoms with E-state index in [0.717, 1.165) is 25.0 Å². The van der Waals surface area contributed by atoms with E-state index >= 15 is 0 Å². The Morgan fingerprint density at radius 1 is 1.26 bits per heavy atom. The number of benzene rings is 1. The standard InChI is InChI=1S/C15H21NO2S/c17-14-6-9-16(10-7-14)15(18)12-19-11-8-13-4-2-1-3-5-13/h1-5,14,17H,6-12H2. The van der Waals surface area contributed by atoms with Crippen LogP contribution in [0.15, 0.2) is 30.3 Å². The summed E-state index contributed by atoms with van der Waals surface area (Å²) in [7, 11) is 0. The quantitative estimate of drug-likeness (QED) is 0.838. The number of rotatable bonds is 5. The molecule has 1 amide bonds. The van der Waals surface area contributed by atoms with Crippen LogP contribution in [-0.4, -0.2) is 46.6 Å². The van der Waals surface area contributed by atoms with Crippen molar-refractivity contribution in [3.05, 3.63) is 35.9 Å². The molecule has 0 spiro atoms. The number of thioether (sulfide) groups is 1. The van der Waals surface area contributed by atoms with E-state index in [-0.39, 0.29) is 12.0 Å². The molecule has 3 nitrogen and oxygen atoms in total. The molecule has 0 saturated carbocycles. The molecule has 4 heteroatoms. The first-order valence-electron chi connectivity index (χ1n) is 6.83. The first-order valence-corrected chi connectivity index (χ1v) is 7.98. The van der Waals surface area contributed by atoms with Gasteiger partial charge in [-0.15, -0.1) is 0 Å². The molecule has 1 N–H and O–H groups in total. The van der Waals surface area contributed by atoms with Gasteiger partial charge in [0.15, 0.2) is 0 Å². The summed E-state index contributed by atoms with van der Waals surface area (Å²) in [5, 5.41) is 9.41. The van der Waals surface area contributed by atoms with E-state index in [0.29, 0.717) is 18.8 Å². The first-order chi connectivity index (χ1) is 9.25. The van der Waals surface area contributed by atoms with Crippen molar-refractivity contribution in [2.45, 2.75) is 25.4 Å². The van der Waals surface area contributed by atoms with Gasteiger partial charge in [-0.05, 0) is 30.6 Å². The average molecular weight is 279 g/mol. The number of nitrogens with zero attached hydrogens (tertiary/aromatic N) is 1. The maximum absolute atomic E-state index is 11.9. The predicted octanol–water partition coefficient (Wildman–Crippen LogP) is 1.95. The fourth-order valence-electron chi connectivity index (χ4n) is 2.20. The fraction of sp³-hybridized carbons (Fsp3) is 0.533. The van der Waals surface area contributed by atoms with Gasteiger partial charge in [0, 0.05) is 13.1 Å². The van der Waals surface area contributed by atoms with E-state index in [1.165, 1.54) is 5.56 Å². The molecule has 2 rings (SSSR count). The minimum absolute atomic E-state index is 0.213. The zero-order chi connectivity index (χ0) is 13.5. The van der Waals surface area contributed by atoms with Crippen molar-refractivity contribution in [3.63, 3.8) is 0 Å². The van der Waals surface area contributed by atoms with Crippen LogP contribution in [0.4, 0.5) is 0 Å². The normalized spacial score (nSPS) is 16.6. The number of likely N-dealkylation sites (tertiary alicyclic amines) is 1. The molecule has 1 heterocycles. The first kappa shape index (κ1) is 14.4. The van der Waals surface area contributed by atoms with Crippen LogP contribution in [0.25, 0.3) is 0 Å². The van der Waals surface area contributed by atoms with E-state index < -0.39 is 0 Å². The second-order valence-corrected chi connectivity index (χ2v) is 6.01. The third-order valence-electron chi connectivity index (χ3n) is 3.42. The molecule has 1 aromatic carbocycles. The van der Waals surface area contributed by atoms with Crippen molar-refractivity contribution in [1.82, 2.24) is 4.90 Å². The Labute approximate surface area is 119 Å². The summed E-state index contributed by atoms with van der Waals surface area (Å²) in [6, 6.07) is 10.3. The molecule has 1 aliphatic rings. The molecule has 0 bridgehead atoms. The summed E-state index contributed by atoms with van der Waals surface area (Å²) in [6.45, 7) is 1.42. The van der Waals surface area contributed by atoms with Crippen LogP contribution < -0.4 is 0 Å². The molecule has 0 radical (unpaired) electrons. The van der Waals surface area contributed by atoms with Gasteiger partial charge < -0.3 is 10.0 Å². The van der Waals surface area contributed by atoms with Crippen LogP contribution in [0.1, 0.15) is 18.4 Å². The summed E-state index contributed by atoms with van der Waals surface area (Å²) < 4.78 is 0. The Bertz CT molecular complexity index is 388. The van der Waals surface area contributed by atoms with Crippen LogP contribution >= 0.6 is 11.8 Å². The Balaban J connectivity index is 1.61. The molecule has 1 aromatic rings. The van der Waals surface area contributed by atoms with Gasteiger partial charge >= 0.3 is 0 Å². The van der Waals surface area contributed by atoms with Gasteiger partial charge in [-0.2, -0.15) is 11.8 Å². The summed E-state index contributed by atoms with van der Waals surface area (Å²) in [5.41, 5.74) is 1.32. The maximum atomic E-state index is 11.9. The highest BCUT2D eigenvalue weighted by molar-refractivity contribution is 7.99. The number of carbonyl (C=O) groups excluding carboxylic acids is 1. The minimum Gasteiger partial charge on any atom is -0.393 e. The zero-order valence-electron chi connectivity index (χ0n) is 11.1. The van der Waals surface area contributed by atoms with Gasteiger partial charge in [0.25, 0.3) is 0 Å². The molecule has 19 heavy (non-hydrogen) atoms. The molecule has 0 unspecified atom stereocenters. The van der Waals surface area contributed by atoms with Crippen molar-refractivity contribution in [1.29, 1.82) is 0 Å². The van der Waals surface area contributed by atoms with Crippen LogP contribution in [0.5, 0.6) is 0 Å². The second kappa shape index (κ2) is 7.56.